The van der Waals surface area contributed by atoms with E-state index in [1.807, 2.05) is 36.1 Å². The van der Waals surface area contributed by atoms with E-state index in [9.17, 15) is 0 Å². The molecule has 0 aromatic carbocycles. The second-order valence-corrected chi connectivity index (χ2v) is 5.75. The van der Waals surface area contributed by atoms with Gasteiger partial charge in [0.25, 0.3) is 0 Å². The molecule has 0 saturated carbocycles. The maximum absolute atomic E-state index is 5.87. The highest BCUT2D eigenvalue weighted by molar-refractivity contribution is 5.71. The summed E-state index contributed by atoms with van der Waals surface area (Å²) in [6, 6.07) is 3.96. The molecule has 3 aromatic heterocycles. The summed E-state index contributed by atoms with van der Waals surface area (Å²) in [6.07, 6.45) is 7.35. The summed E-state index contributed by atoms with van der Waals surface area (Å²) in [5.41, 5.74) is 2.65. The van der Waals surface area contributed by atoms with E-state index in [4.69, 9.17) is 4.74 Å². The molecule has 7 heteroatoms. The van der Waals surface area contributed by atoms with Gasteiger partial charge in [0.2, 0.25) is 0 Å². The molecule has 1 atom stereocenters. The topological polar surface area (TPSA) is 69.0 Å². The van der Waals surface area contributed by atoms with Crippen molar-refractivity contribution in [1.29, 1.82) is 0 Å². The Hall–Kier alpha value is -2.54. The maximum atomic E-state index is 5.87. The number of hydrogen-bond acceptors (Lipinski definition) is 6. The second kappa shape index (κ2) is 5.92. The predicted molar refractivity (Wildman–Crippen MR) is 86.3 cm³/mol. The molecule has 4 heterocycles. The van der Waals surface area contributed by atoms with Gasteiger partial charge in [-0.05, 0) is 24.6 Å². The summed E-state index contributed by atoms with van der Waals surface area (Å²) >= 11 is 0. The van der Waals surface area contributed by atoms with Crippen LogP contribution in [0, 0.1) is 6.92 Å². The van der Waals surface area contributed by atoms with E-state index >= 15 is 0 Å². The first-order chi connectivity index (χ1) is 11.3. The van der Waals surface area contributed by atoms with Crippen LogP contribution in [0.25, 0.3) is 11.2 Å². The van der Waals surface area contributed by atoms with Crippen molar-refractivity contribution in [2.45, 2.75) is 19.6 Å². The van der Waals surface area contributed by atoms with Gasteiger partial charge in [-0.1, -0.05) is 0 Å². The lowest BCUT2D eigenvalue weighted by Crippen LogP contribution is -2.44. The highest BCUT2D eigenvalue weighted by Gasteiger charge is 2.22. The average molecular weight is 310 g/mol. The quantitative estimate of drug-likeness (QED) is 0.729. The molecule has 118 valence electrons. The SMILES string of the molecule is Cc1cnn(CC2CN(c3ccc4nccnc4n3)CCO2)c1. The van der Waals surface area contributed by atoms with Gasteiger partial charge in [-0.15, -0.1) is 0 Å². The predicted octanol–water partition coefficient (Wildman–Crippen LogP) is 1.44. The first kappa shape index (κ1) is 14.1. The van der Waals surface area contributed by atoms with Gasteiger partial charge in [-0.25, -0.2) is 9.97 Å². The smallest absolute Gasteiger partial charge is 0.180 e. The Labute approximate surface area is 133 Å². The minimum Gasteiger partial charge on any atom is -0.373 e. The van der Waals surface area contributed by atoms with Gasteiger partial charge >= 0.3 is 0 Å². The van der Waals surface area contributed by atoms with Crippen LogP contribution in [0.4, 0.5) is 5.82 Å². The third kappa shape index (κ3) is 3.00. The van der Waals surface area contributed by atoms with Crippen molar-refractivity contribution >= 4 is 17.0 Å². The zero-order valence-electron chi connectivity index (χ0n) is 13.0. The minimum absolute atomic E-state index is 0.0994. The van der Waals surface area contributed by atoms with E-state index in [1.165, 1.54) is 0 Å². The molecule has 0 bridgehead atoms. The number of aromatic nitrogens is 5. The fourth-order valence-corrected chi connectivity index (χ4v) is 2.83. The van der Waals surface area contributed by atoms with Gasteiger partial charge in [-0.2, -0.15) is 5.10 Å². The average Bonchev–Trinajstić information content (AvgIpc) is 2.99. The third-order valence-electron chi connectivity index (χ3n) is 3.93. The van der Waals surface area contributed by atoms with Crippen molar-refractivity contribution in [3.8, 4) is 0 Å². The summed E-state index contributed by atoms with van der Waals surface area (Å²) in [5, 5.41) is 4.33. The van der Waals surface area contributed by atoms with E-state index in [-0.39, 0.29) is 6.10 Å². The molecule has 23 heavy (non-hydrogen) atoms. The zero-order chi connectivity index (χ0) is 15.6. The van der Waals surface area contributed by atoms with E-state index in [2.05, 4.69) is 25.0 Å². The number of rotatable bonds is 3. The van der Waals surface area contributed by atoms with E-state index in [1.54, 1.807) is 12.4 Å². The molecular formula is C16H18N6O. The lowest BCUT2D eigenvalue weighted by Gasteiger charge is -2.33. The number of ether oxygens (including phenoxy) is 1. The van der Waals surface area contributed by atoms with Crippen molar-refractivity contribution in [2.24, 2.45) is 0 Å². The molecular weight excluding hydrogens is 292 g/mol. The number of fused-ring (bicyclic) bond motifs is 1. The fourth-order valence-electron chi connectivity index (χ4n) is 2.83. The van der Waals surface area contributed by atoms with Gasteiger partial charge in [0.05, 0.1) is 25.5 Å². The molecule has 7 nitrogen and oxygen atoms in total. The van der Waals surface area contributed by atoms with Crippen LogP contribution in [-0.2, 0) is 11.3 Å². The van der Waals surface area contributed by atoms with Gasteiger partial charge in [0.1, 0.15) is 11.3 Å². The first-order valence-electron chi connectivity index (χ1n) is 7.71. The summed E-state index contributed by atoms with van der Waals surface area (Å²) in [6.45, 7) is 5.09. The van der Waals surface area contributed by atoms with Gasteiger partial charge in [-0.3, -0.25) is 9.67 Å². The molecule has 1 fully saturated rings. The number of anilines is 1. The Balaban J connectivity index is 1.51. The van der Waals surface area contributed by atoms with Crippen LogP contribution in [0.2, 0.25) is 0 Å². The van der Waals surface area contributed by atoms with Crippen LogP contribution in [-0.4, -0.2) is 50.5 Å². The minimum atomic E-state index is 0.0994. The Bertz CT molecular complexity index is 817. The number of pyridine rings is 1. The third-order valence-corrected chi connectivity index (χ3v) is 3.93. The molecule has 0 radical (unpaired) electrons. The lowest BCUT2D eigenvalue weighted by atomic mass is 10.2. The molecule has 1 aliphatic rings. The highest BCUT2D eigenvalue weighted by Crippen LogP contribution is 2.18. The highest BCUT2D eigenvalue weighted by atomic mass is 16.5. The molecule has 0 N–H and O–H groups in total. The van der Waals surface area contributed by atoms with Crippen LogP contribution < -0.4 is 4.90 Å². The molecule has 1 unspecified atom stereocenters. The largest absolute Gasteiger partial charge is 0.373 e. The Morgan fingerprint density at radius 1 is 1.26 bits per heavy atom. The monoisotopic (exact) mass is 310 g/mol. The van der Waals surface area contributed by atoms with Crippen LogP contribution in [0.5, 0.6) is 0 Å². The number of morpholine rings is 1. The number of hydrogen-bond donors (Lipinski definition) is 0. The summed E-state index contributed by atoms with van der Waals surface area (Å²) in [7, 11) is 0. The van der Waals surface area contributed by atoms with Crippen molar-refractivity contribution in [3.05, 3.63) is 42.5 Å². The van der Waals surface area contributed by atoms with Crippen molar-refractivity contribution in [3.63, 3.8) is 0 Å². The summed E-state index contributed by atoms with van der Waals surface area (Å²) < 4.78 is 7.81. The Morgan fingerprint density at radius 2 is 2.17 bits per heavy atom. The molecule has 1 aliphatic heterocycles. The number of nitrogens with zero attached hydrogens (tertiary/aromatic N) is 6. The van der Waals surface area contributed by atoms with Gasteiger partial charge < -0.3 is 9.64 Å². The summed E-state index contributed by atoms with van der Waals surface area (Å²) in [4.78, 5) is 15.4. The molecule has 4 rings (SSSR count). The zero-order valence-corrected chi connectivity index (χ0v) is 13.0. The van der Waals surface area contributed by atoms with Crippen LogP contribution in [0.3, 0.4) is 0 Å². The van der Waals surface area contributed by atoms with E-state index in [0.717, 1.165) is 36.5 Å². The van der Waals surface area contributed by atoms with Crippen molar-refractivity contribution < 1.29 is 4.74 Å². The van der Waals surface area contributed by atoms with Gasteiger partial charge in [0.15, 0.2) is 5.65 Å². The fraction of sp³-hybridized carbons (Fsp3) is 0.375. The summed E-state index contributed by atoms with van der Waals surface area (Å²) in [5.74, 6) is 0.919. The Morgan fingerprint density at radius 3 is 3.04 bits per heavy atom. The van der Waals surface area contributed by atoms with Crippen LogP contribution in [0.15, 0.2) is 36.9 Å². The molecule has 0 amide bonds. The Kier molecular flexibility index (Phi) is 3.63. The maximum Gasteiger partial charge on any atom is 0.180 e. The number of aryl methyl sites for hydroxylation is 1. The first-order valence-corrected chi connectivity index (χ1v) is 7.71. The molecule has 1 saturated heterocycles. The van der Waals surface area contributed by atoms with Crippen molar-refractivity contribution in [2.75, 3.05) is 24.6 Å². The lowest BCUT2D eigenvalue weighted by molar-refractivity contribution is 0.0272. The molecule has 3 aromatic rings. The van der Waals surface area contributed by atoms with E-state index in [0.29, 0.717) is 12.3 Å². The van der Waals surface area contributed by atoms with E-state index < -0.39 is 0 Å². The van der Waals surface area contributed by atoms with Crippen LogP contribution in [0.1, 0.15) is 5.56 Å². The van der Waals surface area contributed by atoms with Crippen molar-refractivity contribution in [1.82, 2.24) is 24.7 Å². The standard InChI is InChI=1S/C16H18N6O/c1-12-8-19-22(9-12)11-13-10-21(6-7-23-13)15-3-2-14-16(20-15)18-5-4-17-14/h2-5,8-9,13H,6-7,10-11H2,1H3. The molecule has 0 spiro atoms. The van der Waals surface area contributed by atoms with Crippen LogP contribution >= 0.6 is 0 Å². The molecule has 0 aliphatic carbocycles. The normalized spacial score (nSPS) is 18.5. The van der Waals surface area contributed by atoms with Gasteiger partial charge in [0, 0.05) is 31.7 Å². The second-order valence-electron chi connectivity index (χ2n) is 5.75.